The number of methoxy groups -OCH3 is 1. The standard InChI is InChI=1S/C16H24BrNO/c1-13-6-5-9-16(13,12-18-10-11-19-2)14-7-3-4-8-15(14)17/h3-4,7-8,13,18H,5-6,9-12H2,1-2H3. The molecule has 0 bridgehead atoms. The van der Waals surface area contributed by atoms with Crippen LogP contribution in [0.4, 0.5) is 0 Å². The first-order chi connectivity index (χ1) is 9.20. The van der Waals surface area contributed by atoms with Crippen molar-refractivity contribution >= 4 is 15.9 Å². The van der Waals surface area contributed by atoms with Crippen LogP contribution in [-0.2, 0) is 10.2 Å². The fourth-order valence-corrected chi connectivity index (χ4v) is 4.03. The molecular weight excluding hydrogens is 302 g/mol. The molecule has 0 aliphatic heterocycles. The first kappa shape index (κ1) is 15.0. The van der Waals surface area contributed by atoms with Gasteiger partial charge in [0.05, 0.1) is 6.61 Å². The number of ether oxygens (including phenoxy) is 1. The number of rotatable bonds is 6. The van der Waals surface area contributed by atoms with Gasteiger partial charge in [0, 0.05) is 30.1 Å². The molecule has 0 amide bonds. The molecule has 2 rings (SSSR count). The topological polar surface area (TPSA) is 21.3 Å². The lowest BCUT2D eigenvalue weighted by Gasteiger charge is -2.36. The third kappa shape index (κ3) is 3.21. The number of hydrogen-bond donors (Lipinski definition) is 1. The molecule has 0 radical (unpaired) electrons. The minimum atomic E-state index is 0.272. The molecule has 19 heavy (non-hydrogen) atoms. The minimum absolute atomic E-state index is 0.272. The smallest absolute Gasteiger partial charge is 0.0587 e. The van der Waals surface area contributed by atoms with Gasteiger partial charge < -0.3 is 10.1 Å². The maximum Gasteiger partial charge on any atom is 0.0587 e. The molecule has 1 aliphatic rings. The van der Waals surface area contributed by atoms with Gasteiger partial charge in [-0.15, -0.1) is 0 Å². The van der Waals surface area contributed by atoms with Gasteiger partial charge >= 0.3 is 0 Å². The zero-order valence-electron chi connectivity index (χ0n) is 11.9. The van der Waals surface area contributed by atoms with Crippen molar-refractivity contribution in [2.45, 2.75) is 31.6 Å². The van der Waals surface area contributed by atoms with Crippen molar-refractivity contribution in [2.24, 2.45) is 5.92 Å². The third-order valence-electron chi connectivity index (χ3n) is 4.54. The van der Waals surface area contributed by atoms with Crippen LogP contribution in [0.15, 0.2) is 28.7 Å². The van der Waals surface area contributed by atoms with E-state index in [0.717, 1.165) is 25.6 Å². The molecule has 2 atom stereocenters. The predicted octanol–water partition coefficient (Wildman–Crippen LogP) is 3.74. The van der Waals surface area contributed by atoms with Gasteiger partial charge in [0.2, 0.25) is 0 Å². The molecule has 1 aliphatic carbocycles. The number of benzene rings is 1. The lowest BCUT2D eigenvalue weighted by Crippen LogP contribution is -2.41. The van der Waals surface area contributed by atoms with E-state index in [1.54, 1.807) is 7.11 Å². The van der Waals surface area contributed by atoms with Crippen LogP contribution in [-0.4, -0.2) is 26.8 Å². The summed E-state index contributed by atoms with van der Waals surface area (Å²) in [5, 5.41) is 3.58. The van der Waals surface area contributed by atoms with E-state index in [-0.39, 0.29) is 5.41 Å². The molecule has 0 aromatic heterocycles. The van der Waals surface area contributed by atoms with Crippen molar-refractivity contribution in [2.75, 3.05) is 26.8 Å². The highest BCUT2D eigenvalue weighted by Gasteiger charge is 2.42. The molecule has 1 fully saturated rings. The molecule has 3 heteroatoms. The largest absolute Gasteiger partial charge is 0.383 e. The summed E-state index contributed by atoms with van der Waals surface area (Å²) in [6.07, 6.45) is 3.93. The SMILES string of the molecule is COCCNCC1(c2ccccc2Br)CCCC1C. The lowest BCUT2D eigenvalue weighted by atomic mass is 9.73. The van der Waals surface area contributed by atoms with E-state index in [4.69, 9.17) is 4.74 Å². The zero-order chi connectivity index (χ0) is 13.7. The first-order valence-corrected chi connectivity index (χ1v) is 7.94. The van der Waals surface area contributed by atoms with Crippen LogP contribution in [0.1, 0.15) is 31.7 Å². The van der Waals surface area contributed by atoms with Crippen LogP contribution < -0.4 is 5.32 Å². The van der Waals surface area contributed by atoms with Crippen molar-refractivity contribution in [1.82, 2.24) is 5.32 Å². The average molecular weight is 326 g/mol. The Labute approximate surface area is 125 Å². The molecule has 1 saturated carbocycles. The van der Waals surface area contributed by atoms with Gasteiger partial charge in [0.1, 0.15) is 0 Å². The normalized spacial score (nSPS) is 26.8. The predicted molar refractivity (Wildman–Crippen MR) is 83.6 cm³/mol. The zero-order valence-corrected chi connectivity index (χ0v) is 13.5. The Kier molecular flexibility index (Phi) is 5.43. The maximum atomic E-state index is 5.12. The molecule has 1 N–H and O–H groups in total. The molecule has 0 heterocycles. The van der Waals surface area contributed by atoms with Gasteiger partial charge in [-0.2, -0.15) is 0 Å². The Balaban J connectivity index is 2.18. The van der Waals surface area contributed by atoms with Gasteiger partial charge in [-0.05, 0) is 30.4 Å². The van der Waals surface area contributed by atoms with Crippen LogP contribution >= 0.6 is 15.9 Å². The quantitative estimate of drug-likeness (QED) is 0.804. The summed E-state index contributed by atoms with van der Waals surface area (Å²) in [7, 11) is 1.75. The number of nitrogens with one attached hydrogen (secondary N) is 1. The Morgan fingerprint density at radius 2 is 2.21 bits per heavy atom. The average Bonchev–Trinajstić information content (AvgIpc) is 2.78. The lowest BCUT2D eigenvalue weighted by molar-refractivity contribution is 0.194. The van der Waals surface area contributed by atoms with Crippen molar-refractivity contribution in [3.8, 4) is 0 Å². The number of halogens is 1. The minimum Gasteiger partial charge on any atom is -0.383 e. The highest BCUT2D eigenvalue weighted by atomic mass is 79.9. The van der Waals surface area contributed by atoms with Gasteiger partial charge in [0.15, 0.2) is 0 Å². The van der Waals surface area contributed by atoms with E-state index in [1.807, 2.05) is 0 Å². The highest BCUT2D eigenvalue weighted by molar-refractivity contribution is 9.10. The van der Waals surface area contributed by atoms with E-state index in [0.29, 0.717) is 0 Å². The van der Waals surface area contributed by atoms with Crippen molar-refractivity contribution < 1.29 is 4.74 Å². The summed E-state index contributed by atoms with van der Waals surface area (Å²) in [6, 6.07) is 8.70. The van der Waals surface area contributed by atoms with Gasteiger partial charge in [-0.25, -0.2) is 0 Å². The Bertz CT molecular complexity index is 409. The Hall–Kier alpha value is -0.380. The maximum absolute atomic E-state index is 5.12. The van der Waals surface area contributed by atoms with Crippen molar-refractivity contribution in [3.05, 3.63) is 34.3 Å². The van der Waals surface area contributed by atoms with Crippen molar-refractivity contribution in [3.63, 3.8) is 0 Å². The van der Waals surface area contributed by atoms with Gasteiger partial charge in [-0.3, -0.25) is 0 Å². The molecule has 0 spiro atoms. The number of hydrogen-bond acceptors (Lipinski definition) is 2. The molecule has 2 unspecified atom stereocenters. The van der Waals surface area contributed by atoms with E-state index in [2.05, 4.69) is 52.4 Å². The molecular formula is C16H24BrNO. The summed E-state index contributed by atoms with van der Waals surface area (Å²) in [5.41, 5.74) is 1.73. The molecule has 106 valence electrons. The third-order valence-corrected chi connectivity index (χ3v) is 5.23. The van der Waals surface area contributed by atoms with E-state index < -0.39 is 0 Å². The second-order valence-electron chi connectivity index (χ2n) is 5.60. The van der Waals surface area contributed by atoms with Crippen LogP contribution in [0.25, 0.3) is 0 Å². The van der Waals surface area contributed by atoms with Crippen LogP contribution in [0.2, 0.25) is 0 Å². The van der Waals surface area contributed by atoms with Crippen LogP contribution in [0.5, 0.6) is 0 Å². The van der Waals surface area contributed by atoms with Crippen LogP contribution in [0, 0.1) is 5.92 Å². The molecule has 0 saturated heterocycles. The van der Waals surface area contributed by atoms with E-state index in [1.165, 1.54) is 29.3 Å². The Morgan fingerprint density at radius 3 is 2.84 bits per heavy atom. The fraction of sp³-hybridized carbons (Fsp3) is 0.625. The molecule has 2 nitrogen and oxygen atoms in total. The van der Waals surface area contributed by atoms with Gasteiger partial charge in [0.25, 0.3) is 0 Å². The second-order valence-corrected chi connectivity index (χ2v) is 6.45. The van der Waals surface area contributed by atoms with E-state index in [9.17, 15) is 0 Å². The summed E-state index contributed by atoms with van der Waals surface area (Å²) in [4.78, 5) is 0. The van der Waals surface area contributed by atoms with E-state index >= 15 is 0 Å². The second kappa shape index (κ2) is 6.87. The summed E-state index contributed by atoms with van der Waals surface area (Å²) in [5.74, 6) is 0.723. The summed E-state index contributed by atoms with van der Waals surface area (Å²) in [6.45, 7) is 5.14. The Morgan fingerprint density at radius 1 is 1.42 bits per heavy atom. The summed E-state index contributed by atoms with van der Waals surface area (Å²) < 4.78 is 6.37. The van der Waals surface area contributed by atoms with Crippen molar-refractivity contribution in [1.29, 1.82) is 0 Å². The molecule has 1 aromatic rings. The first-order valence-electron chi connectivity index (χ1n) is 7.15. The molecule has 1 aromatic carbocycles. The monoisotopic (exact) mass is 325 g/mol. The van der Waals surface area contributed by atoms with Gasteiger partial charge in [-0.1, -0.05) is 47.5 Å². The summed E-state index contributed by atoms with van der Waals surface area (Å²) >= 11 is 3.74. The highest BCUT2D eigenvalue weighted by Crippen LogP contribution is 2.47. The van der Waals surface area contributed by atoms with Crippen LogP contribution in [0.3, 0.4) is 0 Å². The fourth-order valence-electron chi connectivity index (χ4n) is 3.36.